The number of methoxy groups -OCH3 is 1. The molecule has 128 valence electrons. The largest absolute Gasteiger partial charge is 0.381 e. The Morgan fingerprint density at radius 2 is 1.96 bits per heavy atom. The maximum Gasteiger partial charge on any atom is 0.243 e. The summed E-state index contributed by atoms with van der Waals surface area (Å²) in [5.41, 5.74) is 2.04. The molecule has 0 radical (unpaired) electrons. The van der Waals surface area contributed by atoms with Crippen LogP contribution in [0.3, 0.4) is 0 Å². The van der Waals surface area contributed by atoms with Crippen molar-refractivity contribution in [3.63, 3.8) is 0 Å². The first-order valence-electron chi connectivity index (χ1n) is 9.51. The van der Waals surface area contributed by atoms with Crippen molar-refractivity contribution < 1.29 is 9.53 Å². The van der Waals surface area contributed by atoms with E-state index in [0.717, 1.165) is 37.1 Å². The highest BCUT2D eigenvalue weighted by Crippen LogP contribution is 2.64. The average Bonchev–Trinajstić information content (AvgIpc) is 2.78. The Kier molecular flexibility index (Phi) is 3.64. The molecular formula is C20H31NO2. The van der Waals surface area contributed by atoms with Crippen LogP contribution in [0.15, 0.2) is 11.6 Å². The van der Waals surface area contributed by atoms with Gasteiger partial charge in [0.25, 0.3) is 0 Å². The van der Waals surface area contributed by atoms with Gasteiger partial charge in [0.15, 0.2) is 0 Å². The Morgan fingerprint density at radius 3 is 2.74 bits per heavy atom. The van der Waals surface area contributed by atoms with Crippen LogP contribution in [0.4, 0.5) is 0 Å². The number of allylic oxidation sites excluding steroid dienone is 1. The van der Waals surface area contributed by atoms with E-state index in [4.69, 9.17) is 4.74 Å². The molecule has 1 N–H and O–H groups in total. The van der Waals surface area contributed by atoms with E-state index in [2.05, 4.69) is 19.2 Å². The van der Waals surface area contributed by atoms with Gasteiger partial charge in [-0.1, -0.05) is 19.4 Å². The van der Waals surface area contributed by atoms with E-state index < -0.39 is 0 Å². The molecule has 6 atom stereocenters. The van der Waals surface area contributed by atoms with E-state index in [-0.39, 0.29) is 11.3 Å². The number of hydrogen-bond donors (Lipinski definition) is 1. The van der Waals surface area contributed by atoms with Crippen molar-refractivity contribution >= 4 is 5.91 Å². The van der Waals surface area contributed by atoms with Crippen molar-refractivity contribution in [1.82, 2.24) is 5.32 Å². The molecule has 0 saturated heterocycles. The molecule has 1 amide bonds. The third kappa shape index (κ3) is 2.15. The minimum atomic E-state index is 0.128. The summed E-state index contributed by atoms with van der Waals surface area (Å²) < 4.78 is 5.86. The molecule has 4 aliphatic rings. The van der Waals surface area contributed by atoms with Crippen molar-refractivity contribution in [1.29, 1.82) is 0 Å². The molecule has 3 aliphatic carbocycles. The molecule has 0 aromatic heterocycles. The highest BCUT2D eigenvalue weighted by atomic mass is 16.5. The van der Waals surface area contributed by atoms with Gasteiger partial charge in [-0.15, -0.1) is 0 Å². The molecule has 3 fully saturated rings. The number of nitrogens with one attached hydrogen (secondary N) is 1. The topological polar surface area (TPSA) is 38.3 Å². The Labute approximate surface area is 140 Å². The van der Waals surface area contributed by atoms with Gasteiger partial charge < -0.3 is 10.1 Å². The number of hydrogen-bond acceptors (Lipinski definition) is 2. The van der Waals surface area contributed by atoms with E-state index in [1.165, 1.54) is 37.7 Å². The SMILES string of the molecule is COC1CC[C@H]2[C@@H]3CCC4=CC(=O)NCCC4(C)[C@H]3CCC12C. The standard InChI is InChI=1S/C20H31NO2/c1-19-10-11-21-18(22)12-13(19)4-5-14-15-6-7-17(23-3)20(15,2)9-8-16(14)19/h12,14-17H,4-11H2,1-3H3,(H,21,22)/t14-,15-,16-,17?,19?,20?/m0/s1. The van der Waals surface area contributed by atoms with E-state index in [1.54, 1.807) is 0 Å². The fraction of sp³-hybridized carbons (Fsp3) is 0.850. The van der Waals surface area contributed by atoms with Crippen LogP contribution >= 0.6 is 0 Å². The van der Waals surface area contributed by atoms with Gasteiger partial charge in [-0.05, 0) is 73.5 Å². The number of amides is 1. The van der Waals surface area contributed by atoms with Gasteiger partial charge >= 0.3 is 0 Å². The minimum absolute atomic E-state index is 0.128. The fourth-order valence-electron chi connectivity index (χ4n) is 6.90. The van der Waals surface area contributed by atoms with Crippen LogP contribution in [0, 0.1) is 28.6 Å². The minimum Gasteiger partial charge on any atom is -0.381 e. The lowest BCUT2D eigenvalue weighted by Crippen LogP contribution is -2.50. The summed E-state index contributed by atoms with van der Waals surface area (Å²) in [5, 5.41) is 3.06. The summed E-state index contributed by atoms with van der Waals surface area (Å²) in [6.07, 6.45) is 11.1. The Morgan fingerprint density at radius 1 is 1.13 bits per heavy atom. The lowest BCUT2D eigenvalue weighted by Gasteiger charge is -2.57. The second-order valence-corrected chi connectivity index (χ2v) is 8.89. The number of rotatable bonds is 1. The zero-order chi connectivity index (χ0) is 16.2. The highest BCUT2D eigenvalue weighted by Gasteiger charge is 2.58. The normalized spacial score (nSPS) is 49.3. The monoisotopic (exact) mass is 317 g/mol. The molecule has 0 bridgehead atoms. The van der Waals surface area contributed by atoms with E-state index >= 15 is 0 Å². The average molecular weight is 317 g/mol. The van der Waals surface area contributed by atoms with E-state index in [1.807, 2.05) is 13.2 Å². The van der Waals surface area contributed by atoms with Gasteiger partial charge in [0.2, 0.25) is 5.91 Å². The first kappa shape index (κ1) is 15.7. The summed E-state index contributed by atoms with van der Waals surface area (Å²) in [5.74, 6) is 2.52. The van der Waals surface area contributed by atoms with Crippen molar-refractivity contribution in [3.05, 3.63) is 11.6 Å². The zero-order valence-corrected chi connectivity index (χ0v) is 14.9. The van der Waals surface area contributed by atoms with Crippen LogP contribution in [-0.4, -0.2) is 25.7 Å². The van der Waals surface area contributed by atoms with E-state index in [9.17, 15) is 4.79 Å². The summed E-state index contributed by atoms with van der Waals surface area (Å²) >= 11 is 0. The van der Waals surface area contributed by atoms with Crippen LogP contribution in [0.2, 0.25) is 0 Å². The van der Waals surface area contributed by atoms with Crippen LogP contribution in [0.5, 0.6) is 0 Å². The fourth-order valence-corrected chi connectivity index (χ4v) is 6.90. The van der Waals surface area contributed by atoms with Gasteiger partial charge in [-0.3, -0.25) is 4.79 Å². The smallest absolute Gasteiger partial charge is 0.243 e. The van der Waals surface area contributed by atoms with Crippen LogP contribution in [0.25, 0.3) is 0 Å². The molecule has 4 rings (SSSR count). The lowest BCUT2D eigenvalue weighted by molar-refractivity contribution is -0.116. The predicted molar refractivity (Wildman–Crippen MR) is 90.9 cm³/mol. The lowest BCUT2D eigenvalue weighted by atomic mass is 9.48. The Hall–Kier alpha value is -0.830. The first-order valence-corrected chi connectivity index (χ1v) is 9.51. The maximum atomic E-state index is 12.0. The summed E-state index contributed by atoms with van der Waals surface area (Å²) in [6, 6.07) is 0. The Bertz CT molecular complexity index is 542. The highest BCUT2D eigenvalue weighted by molar-refractivity contribution is 5.88. The summed E-state index contributed by atoms with van der Waals surface area (Å²) in [7, 11) is 1.90. The number of carbonyl (C=O) groups is 1. The molecule has 0 aromatic carbocycles. The van der Waals surface area contributed by atoms with Gasteiger partial charge in [-0.25, -0.2) is 0 Å². The second kappa shape index (κ2) is 5.34. The summed E-state index contributed by atoms with van der Waals surface area (Å²) in [4.78, 5) is 12.0. The molecule has 3 heteroatoms. The van der Waals surface area contributed by atoms with Gasteiger partial charge in [-0.2, -0.15) is 0 Å². The van der Waals surface area contributed by atoms with Gasteiger partial charge in [0.1, 0.15) is 0 Å². The van der Waals surface area contributed by atoms with Crippen LogP contribution in [0.1, 0.15) is 58.8 Å². The summed E-state index contributed by atoms with van der Waals surface area (Å²) in [6.45, 7) is 5.77. The Balaban J connectivity index is 1.67. The number of fused-ring (bicyclic) bond motifs is 5. The van der Waals surface area contributed by atoms with Crippen LogP contribution < -0.4 is 5.32 Å². The van der Waals surface area contributed by atoms with Crippen molar-refractivity contribution in [2.75, 3.05) is 13.7 Å². The molecule has 1 heterocycles. The van der Waals surface area contributed by atoms with E-state index in [0.29, 0.717) is 11.5 Å². The second-order valence-electron chi connectivity index (χ2n) is 8.89. The molecule has 3 nitrogen and oxygen atoms in total. The zero-order valence-electron chi connectivity index (χ0n) is 14.9. The number of carbonyl (C=O) groups excluding carboxylic acids is 1. The molecular weight excluding hydrogens is 286 g/mol. The maximum absolute atomic E-state index is 12.0. The van der Waals surface area contributed by atoms with Gasteiger partial charge in [0, 0.05) is 19.7 Å². The van der Waals surface area contributed by atoms with Crippen LogP contribution in [-0.2, 0) is 9.53 Å². The van der Waals surface area contributed by atoms with Crippen molar-refractivity contribution in [3.8, 4) is 0 Å². The molecule has 23 heavy (non-hydrogen) atoms. The van der Waals surface area contributed by atoms with Crippen molar-refractivity contribution in [2.24, 2.45) is 28.6 Å². The van der Waals surface area contributed by atoms with Gasteiger partial charge in [0.05, 0.1) is 6.10 Å². The predicted octanol–water partition coefficient (Wildman–Crippen LogP) is 3.69. The van der Waals surface area contributed by atoms with Crippen molar-refractivity contribution in [2.45, 2.75) is 64.9 Å². The molecule has 0 aromatic rings. The third-order valence-corrected chi connectivity index (χ3v) is 8.18. The molecule has 3 saturated carbocycles. The third-order valence-electron chi connectivity index (χ3n) is 8.18. The number of ether oxygens (including phenoxy) is 1. The molecule has 3 unspecified atom stereocenters. The first-order chi connectivity index (χ1) is 11.0. The molecule has 0 spiro atoms. The quantitative estimate of drug-likeness (QED) is 0.801. The molecule has 1 aliphatic heterocycles.